The average molecular weight is 745 g/mol. The van der Waals surface area contributed by atoms with Crippen molar-refractivity contribution in [3.05, 3.63) is 83.9 Å². The number of ketones is 1. The molecule has 0 aromatic heterocycles. The normalized spacial score (nSPS) is 14.1. The molecular formula is C36H36F4N4O9. The lowest BCUT2D eigenvalue weighted by atomic mass is 9.67. The zero-order chi connectivity index (χ0) is 38.9. The van der Waals surface area contributed by atoms with Crippen LogP contribution in [0, 0.1) is 28.7 Å². The number of hydrogen-bond donors (Lipinski definition) is 4. The van der Waals surface area contributed by atoms with E-state index in [9.17, 15) is 51.4 Å². The molecule has 13 nitrogen and oxygen atoms in total. The minimum atomic E-state index is -1.94. The van der Waals surface area contributed by atoms with Gasteiger partial charge in [-0.05, 0) is 43.5 Å². The van der Waals surface area contributed by atoms with E-state index in [1.807, 2.05) is 6.07 Å². The topological polar surface area (TPSA) is 180 Å². The number of Topliss-reactive ketones (excluding diaryl/α,β-unsaturated/α-hetero) is 1. The summed E-state index contributed by atoms with van der Waals surface area (Å²) in [5.74, 6) is -14.1. The van der Waals surface area contributed by atoms with Gasteiger partial charge >= 0.3 is 5.97 Å². The van der Waals surface area contributed by atoms with Crippen molar-refractivity contribution in [2.45, 2.75) is 50.6 Å². The zero-order valence-corrected chi connectivity index (χ0v) is 28.6. The molecule has 3 aromatic rings. The van der Waals surface area contributed by atoms with Crippen molar-refractivity contribution in [2.75, 3.05) is 26.0 Å². The van der Waals surface area contributed by atoms with Crippen molar-refractivity contribution in [3.63, 3.8) is 0 Å². The smallest absolute Gasteiger partial charge is 0.305 e. The van der Waals surface area contributed by atoms with E-state index >= 15 is 0 Å². The highest BCUT2D eigenvalue weighted by Crippen LogP contribution is 2.42. The number of rotatable bonds is 17. The van der Waals surface area contributed by atoms with Crippen LogP contribution in [0.3, 0.4) is 0 Å². The van der Waals surface area contributed by atoms with Gasteiger partial charge in [0.15, 0.2) is 23.2 Å². The summed E-state index contributed by atoms with van der Waals surface area (Å²) in [7, 11) is 3.01. The van der Waals surface area contributed by atoms with Crippen LogP contribution in [0.25, 0.3) is 0 Å². The molecule has 2 atom stereocenters. The first-order valence-electron chi connectivity index (χ1n) is 16.3. The lowest BCUT2D eigenvalue weighted by Crippen LogP contribution is -2.60. The van der Waals surface area contributed by atoms with Gasteiger partial charge in [-0.2, -0.15) is 8.78 Å². The van der Waals surface area contributed by atoms with E-state index in [1.54, 1.807) is 42.5 Å². The van der Waals surface area contributed by atoms with Gasteiger partial charge in [0, 0.05) is 38.3 Å². The highest BCUT2D eigenvalue weighted by molar-refractivity contribution is 6.09. The molecule has 0 heterocycles. The number of para-hydroxylation sites is 1. The number of halogens is 4. The highest BCUT2D eigenvalue weighted by atomic mass is 19.2. The van der Waals surface area contributed by atoms with Crippen molar-refractivity contribution >= 4 is 41.1 Å². The molecule has 0 saturated heterocycles. The summed E-state index contributed by atoms with van der Waals surface area (Å²) in [5.41, 5.74) is -1.59. The minimum Gasteiger partial charge on any atom is -0.481 e. The number of nitrogens with one attached hydrogen (secondary N) is 3. The number of anilines is 1. The summed E-state index contributed by atoms with van der Waals surface area (Å²) in [6.07, 6.45) is -1.20. The number of carboxylic acids is 1. The van der Waals surface area contributed by atoms with Gasteiger partial charge in [0.25, 0.3) is 0 Å². The third-order valence-electron chi connectivity index (χ3n) is 8.43. The van der Waals surface area contributed by atoms with Gasteiger partial charge in [-0.25, -0.2) is 8.78 Å². The van der Waals surface area contributed by atoms with E-state index in [2.05, 4.69) is 20.7 Å². The monoisotopic (exact) mass is 744 g/mol. The Bertz CT molecular complexity index is 1850. The first-order valence-corrected chi connectivity index (χ1v) is 16.3. The molecule has 4 rings (SSSR count). The largest absolute Gasteiger partial charge is 0.481 e. The van der Waals surface area contributed by atoms with Crippen LogP contribution in [0.5, 0.6) is 17.2 Å². The van der Waals surface area contributed by atoms with Crippen LogP contribution < -0.4 is 25.4 Å². The Kier molecular flexibility index (Phi) is 13.1. The molecule has 0 spiro atoms. The maximum atomic E-state index is 14.1. The maximum absolute atomic E-state index is 14.1. The van der Waals surface area contributed by atoms with E-state index in [0.717, 1.165) is 0 Å². The van der Waals surface area contributed by atoms with E-state index in [-0.39, 0.29) is 43.3 Å². The average Bonchev–Trinajstić information content (AvgIpc) is 3.08. The number of aliphatic carboxylic acids is 1. The maximum Gasteiger partial charge on any atom is 0.305 e. The van der Waals surface area contributed by atoms with Gasteiger partial charge in [-0.1, -0.05) is 30.7 Å². The summed E-state index contributed by atoms with van der Waals surface area (Å²) in [5, 5.41) is 16.8. The molecule has 4 amide bonds. The molecule has 282 valence electrons. The van der Waals surface area contributed by atoms with Gasteiger partial charge in [0.05, 0.1) is 6.42 Å². The number of ether oxygens (including phenoxy) is 2. The predicted octanol–water partition coefficient (Wildman–Crippen LogP) is 4.10. The number of carbonyl (C=O) groups is 6. The standard InChI is InChI=1S/C36H36F4N4O9/c1-44(2)28(46)13-12-25(33(49)41-20-8-6-11-22(16-20)53-21-9-4-3-5-10-21)42-34(50)36(14-7-15-36)35(51)43-26(18-29(47)48)27(45)19-52-32-30(39)23(37)17-24(38)31(32)40/h3-6,8-11,16-17,25-26H,7,12-15,18-19H2,1-2H3,(H,41,49)(H,42,50)(H,43,51)(H,47,48). The number of nitrogens with zero attached hydrogens (tertiary/aromatic N) is 1. The number of amides is 4. The van der Waals surface area contributed by atoms with Gasteiger partial charge in [0.1, 0.15) is 35.6 Å². The Morgan fingerprint density at radius 1 is 0.830 bits per heavy atom. The van der Waals surface area contributed by atoms with Crippen LogP contribution in [0.2, 0.25) is 0 Å². The molecular weight excluding hydrogens is 708 g/mol. The fourth-order valence-corrected chi connectivity index (χ4v) is 5.27. The second kappa shape index (κ2) is 17.5. The predicted molar refractivity (Wildman–Crippen MR) is 179 cm³/mol. The van der Waals surface area contributed by atoms with Gasteiger partial charge < -0.3 is 35.4 Å². The van der Waals surface area contributed by atoms with Gasteiger partial charge in [-0.15, -0.1) is 0 Å². The Morgan fingerprint density at radius 3 is 2.00 bits per heavy atom. The summed E-state index contributed by atoms with van der Waals surface area (Å²) < 4.78 is 65.7. The molecule has 1 saturated carbocycles. The molecule has 3 aromatic carbocycles. The van der Waals surface area contributed by atoms with Gasteiger partial charge in [-0.3, -0.25) is 28.8 Å². The highest BCUT2D eigenvalue weighted by Gasteiger charge is 2.52. The van der Waals surface area contributed by atoms with Crippen molar-refractivity contribution in [3.8, 4) is 17.2 Å². The first kappa shape index (κ1) is 39.8. The Labute approximate surface area is 300 Å². The van der Waals surface area contributed by atoms with Crippen molar-refractivity contribution < 1.29 is 60.9 Å². The van der Waals surface area contributed by atoms with Crippen LogP contribution in [0.4, 0.5) is 23.2 Å². The van der Waals surface area contributed by atoms with Crippen LogP contribution >= 0.6 is 0 Å². The molecule has 2 unspecified atom stereocenters. The second-order valence-electron chi connectivity index (χ2n) is 12.4. The van der Waals surface area contributed by atoms with E-state index in [4.69, 9.17) is 4.74 Å². The number of carbonyl (C=O) groups excluding carboxylic acids is 5. The van der Waals surface area contributed by atoms with E-state index in [1.165, 1.54) is 25.1 Å². The lowest BCUT2D eigenvalue weighted by molar-refractivity contribution is -0.152. The number of carboxylic acid groups (broad SMARTS) is 1. The molecule has 1 aliphatic rings. The molecule has 4 N–H and O–H groups in total. The zero-order valence-electron chi connectivity index (χ0n) is 28.6. The molecule has 0 aliphatic heterocycles. The molecule has 0 bridgehead atoms. The molecule has 17 heteroatoms. The minimum absolute atomic E-state index is 0.0715. The number of benzene rings is 3. The molecule has 53 heavy (non-hydrogen) atoms. The third-order valence-corrected chi connectivity index (χ3v) is 8.43. The van der Waals surface area contributed by atoms with Crippen LogP contribution in [-0.2, 0) is 28.8 Å². The summed E-state index contributed by atoms with van der Waals surface area (Å²) in [4.78, 5) is 79.1. The van der Waals surface area contributed by atoms with Crippen LogP contribution in [0.15, 0.2) is 60.7 Å². The molecule has 0 radical (unpaired) electrons. The van der Waals surface area contributed by atoms with E-state index in [0.29, 0.717) is 17.9 Å². The van der Waals surface area contributed by atoms with Crippen LogP contribution in [0.1, 0.15) is 38.5 Å². The summed E-state index contributed by atoms with van der Waals surface area (Å²) in [6.45, 7) is -1.31. The molecule has 1 aliphatic carbocycles. The van der Waals surface area contributed by atoms with Gasteiger partial charge in [0.2, 0.25) is 35.3 Å². The summed E-state index contributed by atoms with van der Waals surface area (Å²) >= 11 is 0. The first-order chi connectivity index (χ1) is 25.1. The fourth-order valence-electron chi connectivity index (χ4n) is 5.27. The van der Waals surface area contributed by atoms with E-state index < -0.39 is 89.0 Å². The summed E-state index contributed by atoms with van der Waals surface area (Å²) in [6, 6.07) is 11.9. The van der Waals surface area contributed by atoms with Crippen molar-refractivity contribution in [1.29, 1.82) is 0 Å². The Balaban J connectivity index is 1.49. The fraction of sp³-hybridized carbons (Fsp3) is 0.333. The Morgan fingerprint density at radius 2 is 1.43 bits per heavy atom. The van der Waals surface area contributed by atoms with Crippen molar-refractivity contribution in [1.82, 2.24) is 15.5 Å². The quantitative estimate of drug-likeness (QED) is 0.0899. The number of hydrogen-bond acceptors (Lipinski definition) is 8. The second-order valence-corrected chi connectivity index (χ2v) is 12.4. The SMILES string of the molecule is CN(C)C(=O)CCC(NC(=O)C1(C(=O)NC(CC(=O)O)C(=O)COc2c(F)c(F)cc(F)c2F)CCC1)C(=O)Nc1cccc(Oc2ccccc2)c1. The van der Waals surface area contributed by atoms with Crippen molar-refractivity contribution in [2.24, 2.45) is 5.41 Å². The molecule has 1 fully saturated rings. The third kappa shape index (κ3) is 10.1. The lowest BCUT2D eigenvalue weighted by Gasteiger charge is -2.40. The Hall–Kier alpha value is -6.00. The van der Waals surface area contributed by atoms with Crippen LogP contribution in [-0.4, -0.2) is 78.2 Å².